The number of benzene rings is 1. The van der Waals surface area contributed by atoms with Gasteiger partial charge in [-0.2, -0.15) is 5.10 Å². The van der Waals surface area contributed by atoms with Crippen LogP contribution < -0.4 is 5.32 Å². The molecule has 0 unspecified atom stereocenters. The molecule has 4 nitrogen and oxygen atoms in total. The quantitative estimate of drug-likeness (QED) is 0.758. The minimum Gasteiger partial charge on any atom is -0.505 e. The van der Waals surface area contributed by atoms with Gasteiger partial charge in [0.1, 0.15) is 0 Å². The van der Waals surface area contributed by atoms with Crippen LogP contribution in [-0.4, -0.2) is 15.3 Å². The number of aromatic nitrogens is 2. The van der Waals surface area contributed by atoms with E-state index in [0.717, 1.165) is 11.3 Å². The number of rotatable bonds is 4. The molecule has 2 rings (SSSR count). The molecule has 0 amide bonds. The number of para-hydroxylation sites is 1. The highest BCUT2D eigenvalue weighted by Gasteiger charge is 2.06. The van der Waals surface area contributed by atoms with Crippen LogP contribution in [0.1, 0.15) is 16.8 Å². The van der Waals surface area contributed by atoms with E-state index in [9.17, 15) is 9.50 Å². The van der Waals surface area contributed by atoms with Crippen LogP contribution in [0.3, 0.4) is 0 Å². The molecule has 0 saturated carbocycles. The summed E-state index contributed by atoms with van der Waals surface area (Å²) in [5, 5.41) is 19.3. The maximum atomic E-state index is 13.1. The second-order valence-electron chi connectivity index (χ2n) is 3.87. The van der Waals surface area contributed by atoms with Gasteiger partial charge >= 0.3 is 0 Å². The Bertz CT molecular complexity index is 510. The van der Waals surface area contributed by atoms with Crippen molar-refractivity contribution in [2.24, 2.45) is 0 Å². The lowest BCUT2D eigenvalue weighted by molar-refractivity contribution is 0.423. The Morgan fingerprint density at radius 3 is 2.82 bits per heavy atom. The first-order chi connectivity index (χ1) is 8.18. The third kappa shape index (κ3) is 2.62. The topological polar surface area (TPSA) is 60.9 Å². The maximum Gasteiger partial charge on any atom is 0.165 e. The number of nitrogens with one attached hydrogen (secondary N) is 2. The van der Waals surface area contributed by atoms with Crippen molar-refractivity contribution in [3.63, 3.8) is 0 Å². The molecule has 5 heteroatoms. The van der Waals surface area contributed by atoms with Crippen molar-refractivity contribution in [3.8, 4) is 5.75 Å². The molecule has 1 aromatic carbocycles. The largest absolute Gasteiger partial charge is 0.505 e. The molecular weight excluding hydrogens is 221 g/mol. The zero-order chi connectivity index (χ0) is 12.3. The Morgan fingerprint density at radius 2 is 2.12 bits per heavy atom. The number of nitrogens with zero attached hydrogens (tertiary/aromatic N) is 1. The van der Waals surface area contributed by atoms with Crippen LogP contribution in [0.5, 0.6) is 5.75 Å². The molecule has 0 aliphatic heterocycles. The van der Waals surface area contributed by atoms with E-state index in [2.05, 4.69) is 15.5 Å². The molecule has 0 fully saturated rings. The zero-order valence-electron chi connectivity index (χ0n) is 9.50. The Labute approximate surface area is 98.5 Å². The zero-order valence-corrected chi connectivity index (χ0v) is 9.50. The summed E-state index contributed by atoms with van der Waals surface area (Å²) in [4.78, 5) is 0. The van der Waals surface area contributed by atoms with E-state index in [0.29, 0.717) is 18.7 Å². The Hall–Kier alpha value is -1.88. The number of hydrogen-bond donors (Lipinski definition) is 3. The number of phenolic OH excluding ortho intramolecular Hbond substituents is 1. The lowest BCUT2D eigenvalue weighted by Crippen LogP contribution is -2.13. The van der Waals surface area contributed by atoms with E-state index < -0.39 is 5.82 Å². The van der Waals surface area contributed by atoms with Gasteiger partial charge in [-0.1, -0.05) is 12.1 Å². The van der Waals surface area contributed by atoms with Crippen molar-refractivity contribution in [1.82, 2.24) is 15.5 Å². The number of aromatic hydroxyl groups is 1. The van der Waals surface area contributed by atoms with E-state index in [1.165, 1.54) is 6.07 Å². The number of aromatic amines is 1. The van der Waals surface area contributed by atoms with Crippen LogP contribution in [-0.2, 0) is 13.1 Å². The van der Waals surface area contributed by atoms with Crippen molar-refractivity contribution in [1.29, 1.82) is 0 Å². The molecule has 90 valence electrons. The molecule has 0 aliphatic carbocycles. The lowest BCUT2D eigenvalue weighted by atomic mass is 10.2. The molecule has 2 aromatic rings. The molecule has 0 spiro atoms. The van der Waals surface area contributed by atoms with E-state index >= 15 is 0 Å². The molecule has 0 aliphatic rings. The third-order valence-electron chi connectivity index (χ3n) is 2.64. The van der Waals surface area contributed by atoms with Gasteiger partial charge in [0.2, 0.25) is 0 Å². The second kappa shape index (κ2) is 4.97. The highest BCUT2D eigenvalue weighted by Crippen LogP contribution is 2.20. The summed E-state index contributed by atoms with van der Waals surface area (Å²) in [6.07, 6.45) is 1.74. The first-order valence-corrected chi connectivity index (χ1v) is 5.34. The third-order valence-corrected chi connectivity index (χ3v) is 2.64. The summed E-state index contributed by atoms with van der Waals surface area (Å²) in [6, 6.07) is 4.50. The van der Waals surface area contributed by atoms with Gasteiger partial charge in [0.15, 0.2) is 11.6 Å². The van der Waals surface area contributed by atoms with Crippen molar-refractivity contribution in [2.45, 2.75) is 20.0 Å². The molecule has 17 heavy (non-hydrogen) atoms. The summed E-state index contributed by atoms with van der Waals surface area (Å²) in [5.74, 6) is -0.882. The first-order valence-electron chi connectivity index (χ1n) is 5.34. The second-order valence-corrected chi connectivity index (χ2v) is 3.87. The molecule has 1 heterocycles. The molecule has 1 aromatic heterocycles. The predicted molar refractivity (Wildman–Crippen MR) is 61.9 cm³/mol. The van der Waals surface area contributed by atoms with Crippen LogP contribution >= 0.6 is 0 Å². The Morgan fingerprint density at radius 1 is 1.35 bits per heavy atom. The van der Waals surface area contributed by atoms with Gasteiger partial charge in [-0.25, -0.2) is 4.39 Å². The van der Waals surface area contributed by atoms with E-state index in [-0.39, 0.29) is 5.75 Å². The van der Waals surface area contributed by atoms with Gasteiger partial charge in [-0.3, -0.25) is 5.10 Å². The fourth-order valence-electron chi connectivity index (χ4n) is 1.59. The smallest absolute Gasteiger partial charge is 0.165 e. The number of hydrogen-bond acceptors (Lipinski definition) is 3. The lowest BCUT2D eigenvalue weighted by Gasteiger charge is -2.06. The summed E-state index contributed by atoms with van der Waals surface area (Å²) in [6.45, 7) is 2.97. The van der Waals surface area contributed by atoms with Crippen LogP contribution in [0.15, 0.2) is 24.4 Å². The van der Waals surface area contributed by atoms with Gasteiger partial charge in [0.05, 0.1) is 6.20 Å². The standard InChI is InChI=1S/C12H14FN3O/c1-8-10(7-15-16-8)6-14-5-9-3-2-4-11(13)12(9)17/h2-4,7,14,17H,5-6H2,1H3,(H,15,16). The molecule has 0 atom stereocenters. The van der Waals surface area contributed by atoms with Gasteiger partial charge in [-0.15, -0.1) is 0 Å². The minimum absolute atomic E-state index is 0.288. The SMILES string of the molecule is Cc1[nH]ncc1CNCc1cccc(F)c1O. The summed E-state index contributed by atoms with van der Waals surface area (Å²) < 4.78 is 13.1. The highest BCUT2D eigenvalue weighted by atomic mass is 19.1. The van der Waals surface area contributed by atoms with Gasteiger partial charge in [0.25, 0.3) is 0 Å². The first kappa shape index (κ1) is 11.6. The van der Waals surface area contributed by atoms with Crippen molar-refractivity contribution in [2.75, 3.05) is 0 Å². The van der Waals surface area contributed by atoms with Crippen LogP contribution in [0, 0.1) is 12.7 Å². The summed E-state index contributed by atoms with van der Waals surface area (Å²) in [5.41, 5.74) is 2.60. The minimum atomic E-state index is -0.594. The number of H-pyrrole nitrogens is 1. The van der Waals surface area contributed by atoms with Crippen molar-refractivity contribution in [3.05, 3.63) is 47.0 Å². The van der Waals surface area contributed by atoms with Crippen LogP contribution in [0.25, 0.3) is 0 Å². The number of halogens is 1. The molecule has 3 N–H and O–H groups in total. The number of aryl methyl sites for hydroxylation is 1. The highest BCUT2D eigenvalue weighted by molar-refractivity contribution is 5.33. The molecule has 0 saturated heterocycles. The fourth-order valence-corrected chi connectivity index (χ4v) is 1.59. The predicted octanol–water partition coefficient (Wildman–Crippen LogP) is 1.85. The maximum absolute atomic E-state index is 13.1. The van der Waals surface area contributed by atoms with E-state index in [1.807, 2.05) is 6.92 Å². The van der Waals surface area contributed by atoms with Crippen LogP contribution in [0.2, 0.25) is 0 Å². The Balaban J connectivity index is 1.95. The monoisotopic (exact) mass is 235 g/mol. The summed E-state index contributed by atoms with van der Waals surface area (Å²) in [7, 11) is 0. The molecular formula is C12H14FN3O. The van der Waals surface area contributed by atoms with Gasteiger partial charge in [0, 0.05) is 29.9 Å². The van der Waals surface area contributed by atoms with E-state index in [4.69, 9.17) is 0 Å². The Kier molecular flexibility index (Phi) is 3.39. The summed E-state index contributed by atoms with van der Waals surface area (Å²) >= 11 is 0. The molecule has 0 radical (unpaired) electrons. The molecule has 0 bridgehead atoms. The number of phenols is 1. The van der Waals surface area contributed by atoms with Gasteiger partial charge in [-0.05, 0) is 13.0 Å². The van der Waals surface area contributed by atoms with Gasteiger partial charge < -0.3 is 10.4 Å². The van der Waals surface area contributed by atoms with E-state index in [1.54, 1.807) is 18.3 Å². The van der Waals surface area contributed by atoms with Crippen LogP contribution in [0.4, 0.5) is 4.39 Å². The van der Waals surface area contributed by atoms with Crippen molar-refractivity contribution >= 4 is 0 Å². The normalized spacial score (nSPS) is 10.7. The average molecular weight is 235 g/mol. The average Bonchev–Trinajstić information content (AvgIpc) is 2.71. The fraction of sp³-hybridized carbons (Fsp3) is 0.250. The van der Waals surface area contributed by atoms with Crippen molar-refractivity contribution < 1.29 is 9.50 Å².